The predicted octanol–water partition coefficient (Wildman–Crippen LogP) is 3.63. The van der Waals surface area contributed by atoms with Crippen LogP contribution in [0.1, 0.15) is 29.8 Å². The molecule has 3 heterocycles. The molecule has 1 aliphatic heterocycles. The van der Waals surface area contributed by atoms with Gasteiger partial charge in [0, 0.05) is 24.8 Å². The number of amides is 1. The lowest BCUT2D eigenvalue weighted by atomic mass is 9.93. The fourth-order valence-corrected chi connectivity index (χ4v) is 6.20. The van der Waals surface area contributed by atoms with Crippen LogP contribution >= 0.6 is 0 Å². The number of rotatable bonds is 7. The van der Waals surface area contributed by atoms with Crippen molar-refractivity contribution in [2.75, 3.05) is 11.9 Å². The van der Waals surface area contributed by atoms with Crippen LogP contribution in [0.25, 0.3) is 11.0 Å². The van der Waals surface area contributed by atoms with E-state index in [2.05, 4.69) is 15.3 Å². The summed E-state index contributed by atoms with van der Waals surface area (Å²) in [7, 11) is -3.94. The molecule has 2 aromatic heterocycles. The predicted molar refractivity (Wildman–Crippen MR) is 143 cm³/mol. The molecule has 1 fully saturated rings. The summed E-state index contributed by atoms with van der Waals surface area (Å²) in [5.74, 6) is 0.417. The number of aromatic nitrogens is 3. The Labute approximate surface area is 220 Å². The van der Waals surface area contributed by atoms with Gasteiger partial charge in [0.2, 0.25) is 0 Å². The van der Waals surface area contributed by atoms with Crippen LogP contribution in [-0.4, -0.2) is 62.2 Å². The molecule has 38 heavy (non-hydrogen) atoms. The minimum Gasteiger partial charge on any atom is -0.465 e. The first kappa shape index (κ1) is 25.7. The molecule has 1 aliphatic rings. The number of carboxylic acid groups (broad SMARTS) is 1. The van der Waals surface area contributed by atoms with Crippen LogP contribution in [0.3, 0.4) is 0 Å². The van der Waals surface area contributed by atoms with E-state index in [9.17, 15) is 23.4 Å². The van der Waals surface area contributed by atoms with E-state index < -0.39 is 22.7 Å². The van der Waals surface area contributed by atoms with Crippen LogP contribution in [0.4, 0.5) is 10.6 Å². The number of nitrogens with one attached hydrogen (secondary N) is 1. The van der Waals surface area contributed by atoms with Gasteiger partial charge in [0.1, 0.15) is 12.4 Å². The van der Waals surface area contributed by atoms with Gasteiger partial charge in [-0.25, -0.2) is 27.2 Å². The maximum absolute atomic E-state index is 13.4. The zero-order valence-corrected chi connectivity index (χ0v) is 21.7. The highest BCUT2D eigenvalue weighted by molar-refractivity contribution is 7.90. The van der Waals surface area contributed by atoms with Gasteiger partial charge in [0.25, 0.3) is 10.0 Å². The number of carbonyl (C=O) groups is 1. The molecule has 1 amide bonds. The van der Waals surface area contributed by atoms with Gasteiger partial charge in [-0.1, -0.05) is 48.0 Å². The van der Waals surface area contributed by atoms with E-state index in [-0.39, 0.29) is 35.0 Å². The second-order valence-corrected chi connectivity index (χ2v) is 11.3. The molecule has 11 heteroatoms. The maximum Gasteiger partial charge on any atom is 0.407 e. The number of hydrogen-bond acceptors (Lipinski definition) is 7. The first-order valence-electron chi connectivity index (χ1n) is 12.4. The summed E-state index contributed by atoms with van der Waals surface area (Å²) in [5, 5.41) is 23.5. The molecule has 1 saturated heterocycles. The van der Waals surface area contributed by atoms with Gasteiger partial charge in [-0.2, -0.15) is 0 Å². The maximum atomic E-state index is 13.4. The topological polar surface area (TPSA) is 138 Å². The van der Waals surface area contributed by atoms with Crippen molar-refractivity contribution in [3.8, 4) is 0 Å². The second kappa shape index (κ2) is 10.4. The summed E-state index contributed by atoms with van der Waals surface area (Å²) in [6.45, 7) is 1.64. The Morgan fingerprint density at radius 2 is 1.79 bits per heavy atom. The molecule has 0 bridgehead atoms. The van der Waals surface area contributed by atoms with Crippen molar-refractivity contribution >= 4 is 33.0 Å². The average molecular weight is 536 g/mol. The minimum atomic E-state index is -3.94. The molecule has 198 valence electrons. The molecule has 0 spiro atoms. The van der Waals surface area contributed by atoms with Crippen molar-refractivity contribution in [3.05, 3.63) is 83.8 Å². The van der Waals surface area contributed by atoms with Crippen molar-refractivity contribution < 1.29 is 23.4 Å². The normalized spacial score (nSPS) is 18.0. The van der Waals surface area contributed by atoms with Gasteiger partial charge in [0.15, 0.2) is 11.5 Å². The quantitative estimate of drug-likeness (QED) is 0.326. The molecule has 2 aromatic carbocycles. The van der Waals surface area contributed by atoms with Crippen LogP contribution in [0.5, 0.6) is 0 Å². The number of nitrogens with zero attached hydrogens (tertiary/aromatic N) is 4. The monoisotopic (exact) mass is 535 g/mol. The number of benzene rings is 2. The number of aryl methyl sites for hydroxylation is 1. The average Bonchev–Trinajstić information content (AvgIpc) is 3.35. The zero-order valence-electron chi connectivity index (χ0n) is 20.9. The first-order chi connectivity index (χ1) is 18.3. The number of aliphatic hydroxyl groups is 1. The third-order valence-electron chi connectivity index (χ3n) is 6.88. The molecular weight excluding hydrogens is 506 g/mol. The number of fused-ring (bicyclic) bond motifs is 1. The lowest BCUT2D eigenvalue weighted by Crippen LogP contribution is -2.51. The fraction of sp³-hybridized carbons (Fsp3) is 0.296. The summed E-state index contributed by atoms with van der Waals surface area (Å²) in [4.78, 5) is 22.4. The third kappa shape index (κ3) is 5.07. The van der Waals surface area contributed by atoms with Gasteiger partial charge < -0.3 is 20.4 Å². The van der Waals surface area contributed by atoms with E-state index in [1.807, 2.05) is 37.3 Å². The molecule has 0 radical (unpaired) electrons. The first-order valence-corrected chi connectivity index (χ1v) is 13.8. The largest absolute Gasteiger partial charge is 0.465 e. The summed E-state index contributed by atoms with van der Waals surface area (Å²) in [5.41, 5.74) is 2.16. The van der Waals surface area contributed by atoms with Crippen LogP contribution in [0.15, 0.2) is 71.8 Å². The van der Waals surface area contributed by atoms with Crippen molar-refractivity contribution in [1.29, 1.82) is 0 Å². The molecule has 5 rings (SSSR count). The van der Waals surface area contributed by atoms with E-state index >= 15 is 0 Å². The van der Waals surface area contributed by atoms with E-state index in [4.69, 9.17) is 0 Å². The molecule has 0 aliphatic carbocycles. The Balaban J connectivity index is 1.43. The Bertz CT molecular complexity index is 1550. The summed E-state index contributed by atoms with van der Waals surface area (Å²) in [6, 6.07) is 17.5. The second-order valence-electron chi connectivity index (χ2n) is 9.51. The van der Waals surface area contributed by atoms with E-state index in [0.29, 0.717) is 30.5 Å². The van der Waals surface area contributed by atoms with E-state index in [1.54, 1.807) is 18.2 Å². The molecule has 4 aromatic rings. The number of likely N-dealkylation sites (tertiary alicyclic amines) is 1. The van der Waals surface area contributed by atoms with Crippen LogP contribution in [0, 0.1) is 6.92 Å². The lowest BCUT2D eigenvalue weighted by molar-refractivity contribution is 0.102. The smallest absolute Gasteiger partial charge is 0.407 e. The number of aliphatic hydroxyl groups excluding tert-OH is 1. The summed E-state index contributed by atoms with van der Waals surface area (Å²) >= 11 is 0. The van der Waals surface area contributed by atoms with Gasteiger partial charge in [-0.15, -0.1) is 0 Å². The molecule has 0 saturated carbocycles. The third-order valence-corrected chi connectivity index (χ3v) is 8.56. The molecule has 2 atom stereocenters. The zero-order chi connectivity index (χ0) is 26.9. The molecule has 0 unspecified atom stereocenters. The Morgan fingerprint density at radius 1 is 1.05 bits per heavy atom. The van der Waals surface area contributed by atoms with Gasteiger partial charge >= 0.3 is 6.09 Å². The number of piperidine rings is 1. The molecule has 10 nitrogen and oxygen atoms in total. The highest BCUT2D eigenvalue weighted by Gasteiger charge is 2.32. The lowest BCUT2D eigenvalue weighted by Gasteiger charge is -2.38. The van der Waals surface area contributed by atoms with E-state index in [1.165, 1.54) is 23.2 Å². The molecule has 3 N–H and O–H groups in total. The van der Waals surface area contributed by atoms with Crippen LogP contribution < -0.4 is 5.32 Å². The SMILES string of the molecule is Cc1ccc(S(=O)(=O)n2ccc3c(N[C@@H]4CC[C@@H](Cc5ccccc5)N(C(=O)O)C4)nc(CO)nc32)cc1. The standard InChI is InChI=1S/C27H29N5O5S/c1-18-7-11-22(12-8-18)38(36,37)32-14-13-23-25(29-24(17-33)30-26(23)32)28-20-9-10-21(31(16-20)27(34)35)15-19-5-3-2-4-6-19/h2-8,11-14,20-21,33H,9-10,15-17H2,1H3,(H,34,35)(H,28,29,30)/t20-,21+/m1/s1. The Kier molecular flexibility index (Phi) is 7.04. The van der Waals surface area contributed by atoms with Crippen molar-refractivity contribution in [3.63, 3.8) is 0 Å². The van der Waals surface area contributed by atoms with Gasteiger partial charge in [-0.05, 0) is 49.9 Å². The Morgan fingerprint density at radius 3 is 2.47 bits per heavy atom. The summed E-state index contributed by atoms with van der Waals surface area (Å²) in [6.07, 6.45) is 2.41. The van der Waals surface area contributed by atoms with Crippen LogP contribution in [0.2, 0.25) is 0 Å². The minimum absolute atomic E-state index is 0.0620. The Hall–Kier alpha value is -3.96. The van der Waals surface area contributed by atoms with Crippen molar-refractivity contribution in [2.45, 2.75) is 49.8 Å². The summed E-state index contributed by atoms with van der Waals surface area (Å²) < 4.78 is 27.8. The highest BCUT2D eigenvalue weighted by Crippen LogP contribution is 2.29. The van der Waals surface area contributed by atoms with Crippen molar-refractivity contribution in [2.24, 2.45) is 0 Å². The van der Waals surface area contributed by atoms with Crippen LogP contribution in [-0.2, 0) is 23.1 Å². The molecular formula is C27H29N5O5S. The highest BCUT2D eigenvalue weighted by atomic mass is 32.2. The van der Waals surface area contributed by atoms with Gasteiger partial charge in [0.05, 0.1) is 10.3 Å². The van der Waals surface area contributed by atoms with Crippen molar-refractivity contribution in [1.82, 2.24) is 18.8 Å². The van der Waals surface area contributed by atoms with E-state index in [0.717, 1.165) is 15.1 Å². The fourth-order valence-electron chi connectivity index (χ4n) is 4.91. The number of anilines is 1. The van der Waals surface area contributed by atoms with Gasteiger partial charge in [-0.3, -0.25) is 0 Å². The number of hydrogen-bond donors (Lipinski definition) is 3.